The van der Waals surface area contributed by atoms with Gasteiger partial charge in [0.05, 0.1) is 30.7 Å². The number of nitrogens with one attached hydrogen (secondary N) is 3. The lowest BCUT2D eigenvalue weighted by molar-refractivity contribution is -0.392. The van der Waals surface area contributed by atoms with Crippen molar-refractivity contribution in [2.24, 2.45) is 5.92 Å². The SMILES string of the molecule is CN[C@@H]1[C@H](O)[C@H](NC)[C@H]2O[C@@]3(O)[C@H](NC(=O)Cc4ccccn4)C[C@@H](C)C[C@H]3O[C@@H]2[C@H]1O. The molecule has 32 heavy (non-hydrogen) atoms. The van der Waals surface area contributed by atoms with Gasteiger partial charge in [0.2, 0.25) is 11.7 Å². The lowest BCUT2D eigenvalue weighted by Gasteiger charge is -2.58. The second-order valence-corrected chi connectivity index (χ2v) is 9.23. The maximum absolute atomic E-state index is 12.7. The Morgan fingerprint density at radius 1 is 1.16 bits per heavy atom. The molecule has 10 nitrogen and oxygen atoms in total. The van der Waals surface area contributed by atoms with E-state index in [1.165, 1.54) is 0 Å². The average molecular weight is 451 g/mol. The van der Waals surface area contributed by atoms with Gasteiger partial charge in [-0.25, -0.2) is 0 Å². The third-order valence-electron chi connectivity index (χ3n) is 7.05. The number of carbonyl (C=O) groups excluding carboxylic acids is 1. The van der Waals surface area contributed by atoms with Gasteiger partial charge in [0.15, 0.2) is 0 Å². The number of hydrogen-bond acceptors (Lipinski definition) is 9. The summed E-state index contributed by atoms with van der Waals surface area (Å²) in [5, 5.41) is 42.2. The Balaban J connectivity index is 1.56. The predicted octanol–water partition coefficient (Wildman–Crippen LogP) is -1.71. The van der Waals surface area contributed by atoms with E-state index in [9.17, 15) is 20.1 Å². The largest absolute Gasteiger partial charge is 0.390 e. The molecule has 1 saturated heterocycles. The topological polar surface area (TPSA) is 145 Å². The standard InChI is InChI=1S/C22H34N4O6/c1-11-8-13(26-15(27)10-12-6-4-5-7-25-12)22(30)14(9-11)31-21-19(29)16(23-2)18(28)17(24-3)20(21)32-22/h4-7,11,13-14,16-21,23-24,28-30H,8-10H2,1-3H3,(H,26,27)/t11-,13-,14-,16-,17+,18+,19+,20-,21-,22+/m1/s1. The van der Waals surface area contributed by atoms with Crippen LogP contribution in [-0.4, -0.2) is 94.7 Å². The molecule has 10 heteroatoms. The van der Waals surface area contributed by atoms with Crippen LogP contribution in [0.5, 0.6) is 0 Å². The number of rotatable bonds is 5. The van der Waals surface area contributed by atoms with E-state index in [1.54, 1.807) is 32.4 Å². The number of hydrogen-bond donors (Lipinski definition) is 6. The molecular weight excluding hydrogens is 416 g/mol. The molecule has 3 aliphatic rings. The van der Waals surface area contributed by atoms with Gasteiger partial charge in [-0.15, -0.1) is 0 Å². The molecule has 2 saturated carbocycles. The number of nitrogens with zero attached hydrogens (tertiary/aromatic N) is 1. The fourth-order valence-corrected chi connectivity index (χ4v) is 5.42. The van der Waals surface area contributed by atoms with Gasteiger partial charge in [-0.3, -0.25) is 9.78 Å². The quantitative estimate of drug-likeness (QED) is 0.309. The van der Waals surface area contributed by atoms with Gasteiger partial charge in [0.1, 0.15) is 24.4 Å². The van der Waals surface area contributed by atoms with Crippen molar-refractivity contribution in [2.75, 3.05) is 14.1 Å². The number of pyridine rings is 1. The zero-order chi connectivity index (χ0) is 23.0. The lowest BCUT2D eigenvalue weighted by atomic mass is 9.75. The van der Waals surface area contributed by atoms with Crippen molar-refractivity contribution in [2.45, 2.75) is 80.6 Å². The Bertz CT molecular complexity index is 800. The summed E-state index contributed by atoms with van der Waals surface area (Å²) in [5.74, 6) is -1.90. The van der Waals surface area contributed by atoms with E-state index < -0.39 is 54.4 Å². The van der Waals surface area contributed by atoms with Crippen LogP contribution in [0.2, 0.25) is 0 Å². The molecule has 1 aliphatic heterocycles. The van der Waals surface area contributed by atoms with Crippen molar-refractivity contribution in [1.82, 2.24) is 20.9 Å². The van der Waals surface area contributed by atoms with Crippen molar-refractivity contribution in [3.05, 3.63) is 30.1 Å². The normalized spacial score (nSPS) is 43.8. The van der Waals surface area contributed by atoms with Crippen LogP contribution in [0.25, 0.3) is 0 Å². The van der Waals surface area contributed by atoms with Crippen molar-refractivity contribution >= 4 is 5.91 Å². The number of amides is 1. The minimum atomic E-state index is -1.78. The van der Waals surface area contributed by atoms with Crippen LogP contribution in [0.1, 0.15) is 25.5 Å². The van der Waals surface area contributed by atoms with E-state index in [0.717, 1.165) is 0 Å². The maximum atomic E-state index is 12.7. The summed E-state index contributed by atoms with van der Waals surface area (Å²) >= 11 is 0. The Hall–Kier alpha value is -1.66. The van der Waals surface area contributed by atoms with Crippen molar-refractivity contribution in [3.8, 4) is 0 Å². The molecule has 0 unspecified atom stereocenters. The average Bonchev–Trinajstić information content (AvgIpc) is 2.75. The number of aliphatic hydroxyl groups excluding tert-OH is 2. The number of aliphatic hydroxyl groups is 3. The van der Waals surface area contributed by atoms with Crippen LogP contribution >= 0.6 is 0 Å². The van der Waals surface area contributed by atoms with Crippen LogP contribution < -0.4 is 16.0 Å². The summed E-state index contributed by atoms with van der Waals surface area (Å²) in [6.07, 6.45) is -1.52. The summed E-state index contributed by atoms with van der Waals surface area (Å²) in [6.45, 7) is 2.03. The Morgan fingerprint density at radius 2 is 1.91 bits per heavy atom. The van der Waals surface area contributed by atoms with E-state index in [2.05, 4.69) is 20.9 Å². The van der Waals surface area contributed by atoms with Gasteiger partial charge >= 0.3 is 0 Å². The molecule has 2 heterocycles. The van der Waals surface area contributed by atoms with Crippen molar-refractivity contribution < 1.29 is 29.6 Å². The highest BCUT2D eigenvalue weighted by Crippen LogP contribution is 2.44. The highest BCUT2D eigenvalue weighted by Gasteiger charge is 2.62. The van der Waals surface area contributed by atoms with Gasteiger partial charge < -0.3 is 40.7 Å². The number of aromatic nitrogens is 1. The third kappa shape index (κ3) is 4.16. The molecule has 178 valence electrons. The minimum Gasteiger partial charge on any atom is -0.390 e. The third-order valence-corrected chi connectivity index (χ3v) is 7.05. The van der Waals surface area contributed by atoms with E-state index in [4.69, 9.17) is 9.47 Å². The summed E-state index contributed by atoms with van der Waals surface area (Å²) in [5.41, 5.74) is 0.630. The van der Waals surface area contributed by atoms with Crippen molar-refractivity contribution in [1.29, 1.82) is 0 Å². The van der Waals surface area contributed by atoms with Crippen LogP contribution in [0.3, 0.4) is 0 Å². The monoisotopic (exact) mass is 450 g/mol. The van der Waals surface area contributed by atoms with E-state index in [0.29, 0.717) is 18.5 Å². The predicted molar refractivity (Wildman–Crippen MR) is 114 cm³/mol. The smallest absolute Gasteiger partial charge is 0.226 e. The van der Waals surface area contributed by atoms with Crippen LogP contribution in [0.15, 0.2) is 24.4 Å². The number of carbonyl (C=O) groups is 1. The van der Waals surface area contributed by atoms with Gasteiger partial charge in [-0.2, -0.15) is 0 Å². The molecule has 1 aromatic heterocycles. The summed E-state index contributed by atoms with van der Waals surface area (Å²) < 4.78 is 12.5. The first kappa shape index (κ1) is 23.5. The molecule has 1 amide bonds. The first-order valence-electron chi connectivity index (χ1n) is 11.2. The van der Waals surface area contributed by atoms with E-state index in [-0.39, 0.29) is 18.2 Å². The van der Waals surface area contributed by atoms with Crippen LogP contribution in [0, 0.1) is 5.92 Å². The molecule has 0 spiro atoms. The molecule has 6 N–H and O–H groups in total. The number of fused-ring (bicyclic) bond motifs is 2. The molecule has 0 bridgehead atoms. The zero-order valence-electron chi connectivity index (χ0n) is 18.6. The molecule has 0 aromatic carbocycles. The zero-order valence-corrected chi connectivity index (χ0v) is 18.6. The van der Waals surface area contributed by atoms with Gasteiger partial charge in [0.25, 0.3) is 0 Å². The van der Waals surface area contributed by atoms with Crippen LogP contribution in [-0.2, 0) is 20.7 Å². The second-order valence-electron chi connectivity index (χ2n) is 9.23. The fourth-order valence-electron chi connectivity index (χ4n) is 5.42. The second kappa shape index (κ2) is 9.30. The minimum absolute atomic E-state index is 0.0831. The molecule has 1 aromatic rings. The molecule has 4 rings (SSSR count). The Kier molecular flexibility index (Phi) is 6.83. The highest BCUT2D eigenvalue weighted by atomic mass is 16.7. The Morgan fingerprint density at radius 3 is 2.56 bits per heavy atom. The van der Waals surface area contributed by atoms with Crippen LogP contribution in [0.4, 0.5) is 0 Å². The molecule has 2 aliphatic carbocycles. The maximum Gasteiger partial charge on any atom is 0.226 e. The number of likely N-dealkylation sites (N-methyl/N-ethyl adjacent to an activating group) is 2. The summed E-state index contributed by atoms with van der Waals surface area (Å²) in [7, 11) is 3.35. The molecular formula is C22H34N4O6. The molecule has 10 atom stereocenters. The summed E-state index contributed by atoms with van der Waals surface area (Å²) in [6, 6.07) is 3.46. The first-order chi connectivity index (χ1) is 15.3. The van der Waals surface area contributed by atoms with Gasteiger partial charge in [-0.1, -0.05) is 13.0 Å². The fraction of sp³-hybridized carbons (Fsp3) is 0.727. The van der Waals surface area contributed by atoms with Gasteiger partial charge in [-0.05, 0) is 45.0 Å². The Labute approximate surface area is 187 Å². The van der Waals surface area contributed by atoms with Gasteiger partial charge in [0, 0.05) is 11.9 Å². The number of ether oxygens (including phenoxy) is 2. The lowest BCUT2D eigenvalue weighted by Crippen LogP contribution is -2.78. The van der Waals surface area contributed by atoms with E-state index >= 15 is 0 Å². The first-order valence-corrected chi connectivity index (χ1v) is 11.2. The summed E-state index contributed by atoms with van der Waals surface area (Å²) in [4.78, 5) is 16.9. The molecule has 3 fully saturated rings. The molecule has 0 radical (unpaired) electrons. The van der Waals surface area contributed by atoms with E-state index in [1.807, 2.05) is 13.0 Å². The highest BCUT2D eigenvalue weighted by molar-refractivity contribution is 5.78. The van der Waals surface area contributed by atoms with Crippen molar-refractivity contribution in [3.63, 3.8) is 0 Å².